The molecule has 0 amide bonds. The zero-order valence-electron chi connectivity index (χ0n) is 8.21. The highest BCUT2D eigenvalue weighted by Gasteiger charge is 2.03. The number of benzene rings is 1. The number of halogens is 1. The van der Waals surface area contributed by atoms with Gasteiger partial charge in [-0.25, -0.2) is 14.4 Å². The van der Waals surface area contributed by atoms with E-state index in [2.05, 4.69) is 9.97 Å². The lowest BCUT2D eigenvalue weighted by Crippen LogP contribution is -1.96. The van der Waals surface area contributed by atoms with Crippen molar-refractivity contribution in [1.82, 2.24) is 9.97 Å². The molecule has 0 saturated heterocycles. The van der Waals surface area contributed by atoms with Crippen LogP contribution in [0.4, 0.5) is 4.39 Å². The predicted octanol–water partition coefficient (Wildman–Crippen LogP) is 2.64. The zero-order chi connectivity index (χ0) is 10.1. The van der Waals surface area contributed by atoms with Gasteiger partial charge in [-0.3, -0.25) is 0 Å². The molecule has 2 rings (SSSR count). The molecule has 0 fully saturated rings. The second-order valence-electron chi connectivity index (χ2n) is 3.24. The van der Waals surface area contributed by atoms with E-state index in [0.717, 1.165) is 23.3 Å². The molecular formula is C11H11FN2. The molecule has 2 nitrogen and oxygen atoms in total. The number of aromatic nitrogens is 2. The minimum absolute atomic E-state index is 0.252. The second-order valence-corrected chi connectivity index (χ2v) is 3.24. The van der Waals surface area contributed by atoms with E-state index in [1.54, 1.807) is 6.07 Å². The number of nitrogens with zero attached hydrogens (tertiary/aromatic N) is 2. The second kappa shape index (κ2) is 3.33. The fraction of sp³-hybridized carbons (Fsp3) is 0.273. The summed E-state index contributed by atoms with van der Waals surface area (Å²) < 4.78 is 12.9. The molecule has 72 valence electrons. The Hall–Kier alpha value is -1.51. The van der Waals surface area contributed by atoms with Crippen molar-refractivity contribution in [3.8, 4) is 0 Å². The standard InChI is InChI=1S/C11H11FN2/c1-3-11-13-7(2)9-5-4-8(12)6-10(9)14-11/h4-6H,3H2,1-2H3. The van der Waals surface area contributed by atoms with Gasteiger partial charge in [0.15, 0.2) is 0 Å². The molecule has 0 atom stereocenters. The molecule has 1 heterocycles. The van der Waals surface area contributed by atoms with Crippen molar-refractivity contribution in [3.05, 3.63) is 35.5 Å². The highest BCUT2D eigenvalue weighted by molar-refractivity contribution is 5.80. The van der Waals surface area contributed by atoms with Gasteiger partial charge in [-0.05, 0) is 19.1 Å². The van der Waals surface area contributed by atoms with E-state index in [1.165, 1.54) is 12.1 Å². The molecule has 0 saturated carbocycles. The van der Waals surface area contributed by atoms with Crippen molar-refractivity contribution >= 4 is 10.9 Å². The fourth-order valence-electron chi connectivity index (χ4n) is 1.48. The van der Waals surface area contributed by atoms with Gasteiger partial charge in [0.05, 0.1) is 5.52 Å². The van der Waals surface area contributed by atoms with Gasteiger partial charge in [0.2, 0.25) is 0 Å². The zero-order valence-corrected chi connectivity index (χ0v) is 8.21. The van der Waals surface area contributed by atoms with E-state index in [1.807, 2.05) is 13.8 Å². The van der Waals surface area contributed by atoms with Crippen molar-refractivity contribution in [2.75, 3.05) is 0 Å². The van der Waals surface area contributed by atoms with Gasteiger partial charge in [-0.15, -0.1) is 0 Å². The van der Waals surface area contributed by atoms with Crippen LogP contribution in [-0.4, -0.2) is 9.97 Å². The Bertz CT molecular complexity index is 480. The molecule has 0 unspecified atom stereocenters. The van der Waals surface area contributed by atoms with Gasteiger partial charge in [0, 0.05) is 23.6 Å². The monoisotopic (exact) mass is 190 g/mol. The van der Waals surface area contributed by atoms with E-state index < -0.39 is 0 Å². The van der Waals surface area contributed by atoms with Crippen LogP contribution in [0, 0.1) is 12.7 Å². The third-order valence-electron chi connectivity index (χ3n) is 2.21. The molecule has 1 aromatic carbocycles. The first-order valence-electron chi connectivity index (χ1n) is 4.63. The molecule has 1 aromatic heterocycles. The van der Waals surface area contributed by atoms with Crippen LogP contribution in [0.5, 0.6) is 0 Å². The third kappa shape index (κ3) is 1.45. The molecule has 0 aliphatic rings. The average molecular weight is 190 g/mol. The van der Waals surface area contributed by atoms with Crippen molar-refractivity contribution < 1.29 is 4.39 Å². The van der Waals surface area contributed by atoms with Gasteiger partial charge in [0.1, 0.15) is 11.6 Å². The predicted molar refractivity (Wildman–Crippen MR) is 53.6 cm³/mol. The van der Waals surface area contributed by atoms with Gasteiger partial charge < -0.3 is 0 Å². The normalized spacial score (nSPS) is 10.8. The first-order chi connectivity index (χ1) is 6.70. The summed E-state index contributed by atoms with van der Waals surface area (Å²) >= 11 is 0. The summed E-state index contributed by atoms with van der Waals surface area (Å²) in [5.41, 5.74) is 1.60. The lowest BCUT2D eigenvalue weighted by Gasteiger charge is -2.03. The van der Waals surface area contributed by atoms with E-state index in [4.69, 9.17) is 0 Å². The van der Waals surface area contributed by atoms with Crippen LogP contribution < -0.4 is 0 Å². The topological polar surface area (TPSA) is 25.8 Å². The Balaban J connectivity index is 2.77. The first kappa shape index (κ1) is 9.06. The largest absolute Gasteiger partial charge is 0.238 e. The quantitative estimate of drug-likeness (QED) is 0.690. The highest BCUT2D eigenvalue weighted by atomic mass is 19.1. The van der Waals surface area contributed by atoms with Crippen molar-refractivity contribution in [3.63, 3.8) is 0 Å². The van der Waals surface area contributed by atoms with E-state index in [9.17, 15) is 4.39 Å². The Morgan fingerprint density at radius 2 is 2.07 bits per heavy atom. The van der Waals surface area contributed by atoms with Gasteiger partial charge in [-0.1, -0.05) is 6.92 Å². The summed E-state index contributed by atoms with van der Waals surface area (Å²) in [4.78, 5) is 8.58. The fourth-order valence-corrected chi connectivity index (χ4v) is 1.48. The summed E-state index contributed by atoms with van der Waals surface area (Å²) in [5, 5.41) is 0.920. The van der Waals surface area contributed by atoms with Crippen LogP contribution in [0.25, 0.3) is 10.9 Å². The van der Waals surface area contributed by atoms with Gasteiger partial charge in [-0.2, -0.15) is 0 Å². The van der Waals surface area contributed by atoms with E-state index in [0.29, 0.717) is 5.52 Å². The molecule has 0 bridgehead atoms. The molecule has 0 spiro atoms. The van der Waals surface area contributed by atoms with Crippen LogP contribution >= 0.6 is 0 Å². The maximum absolute atomic E-state index is 12.9. The van der Waals surface area contributed by atoms with Crippen molar-refractivity contribution in [1.29, 1.82) is 0 Å². The number of aryl methyl sites for hydroxylation is 2. The number of hydrogen-bond acceptors (Lipinski definition) is 2. The first-order valence-corrected chi connectivity index (χ1v) is 4.63. The SMILES string of the molecule is CCc1nc(C)c2ccc(F)cc2n1. The maximum atomic E-state index is 12.9. The summed E-state index contributed by atoms with van der Waals surface area (Å²) in [5.74, 6) is 0.512. The van der Waals surface area contributed by atoms with Crippen LogP contribution in [-0.2, 0) is 6.42 Å². The average Bonchev–Trinajstić information content (AvgIpc) is 2.16. The van der Waals surface area contributed by atoms with Crippen LogP contribution in [0.1, 0.15) is 18.4 Å². The Morgan fingerprint density at radius 1 is 1.29 bits per heavy atom. The van der Waals surface area contributed by atoms with E-state index in [-0.39, 0.29) is 5.82 Å². The molecular weight excluding hydrogens is 179 g/mol. The third-order valence-corrected chi connectivity index (χ3v) is 2.21. The summed E-state index contributed by atoms with van der Waals surface area (Å²) in [6.07, 6.45) is 0.771. The minimum Gasteiger partial charge on any atom is -0.238 e. The molecule has 14 heavy (non-hydrogen) atoms. The van der Waals surface area contributed by atoms with Gasteiger partial charge in [0.25, 0.3) is 0 Å². The summed E-state index contributed by atoms with van der Waals surface area (Å²) in [6, 6.07) is 4.60. The van der Waals surface area contributed by atoms with Crippen molar-refractivity contribution in [2.24, 2.45) is 0 Å². The van der Waals surface area contributed by atoms with Crippen LogP contribution in [0.2, 0.25) is 0 Å². The minimum atomic E-state index is -0.252. The van der Waals surface area contributed by atoms with Crippen LogP contribution in [0.3, 0.4) is 0 Å². The molecule has 0 aliphatic heterocycles. The summed E-state index contributed by atoms with van der Waals surface area (Å²) in [6.45, 7) is 3.90. The lowest BCUT2D eigenvalue weighted by atomic mass is 10.2. The van der Waals surface area contributed by atoms with E-state index >= 15 is 0 Å². The highest BCUT2D eigenvalue weighted by Crippen LogP contribution is 2.16. The molecule has 0 N–H and O–H groups in total. The van der Waals surface area contributed by atoms with Crippen molar-refractivity contribution in [2.45, 2.75) is 20.3 Å². The Labute approximate surface area is 81.8 Å². The number of hydrogen-bond donors (Lipinski definition) is 0. The maximum Gasteiger partial charge on any atom is 0.129 e. The molecule has 2 aromatic rings. The van der Waals surface area contributed by atoms with Crippen LogP contribution in [0.15, 0.2) is 18.2 Å². The lowest BCUT2D eigenvalue weighted by molar-refractivity contribution is 0.629. The number of rotatable bonds is 1. The Morgan fingerprint density at radius 3 is 2.79 bits per heavy atom. The van der Waals surface area contributed by atoms with Gasteiger partial charge >= 0.3 is 0 Å². The summed E-state index contributed by atoms with van der Waals surface area (Å²) in [7, 11) is 0. The number of fused-ring (bicyclic) bond motifs is 1. The smallest absolute Gasteiger partial charge is 0.129 e. The molecule has 0 radical (unpaired) electrons. The molecule has 3 heteroatoms. The Kier molecular flexibility index (Phi) is 2.15. The molecule has 0 aliphatic carbocycles.